The molecular weight excluding hydrogens is 284 g/mol. The Labute approximate surface area is 138 Å². The molecule has 1 fully saturated rings. The van der Waals surface area contributed by atoms with Gasteiger partial charge in [-0.3, -0.25) is 4.79 Å². The molecule has 0 spiro atoms. The number of rotatable bonds is 4. The van der Waals surface area contributed by atoms with E-state index in [-0.39, 0.29) is 23.8 Å². The first kappa shape index (κ1) is 15.8. The molecule has 1 aliphatic heterocycles. The molecule has 1 saturated heterocycles. The van der Waals surface area contributed by atoms with Crippen molar-refractivity contribution in [3.05, 3.63) is 71.8 Å². The summed E-state index contributed by atoms with van der Waals surface area (Å²) in [7, 11) is 0. The average molecular weight is 308 g/mol. The molecule has 1 unspecified atom stereocenters. The highest BCUT2D eigenvalue weighted by molar-refractivity contribution is 5.77. The number of nitrogens with two attached hydrogens (primary N) is 1. The van der Waals surface area contributed by atoms with Crippen molar-refractivity contribution in [3.63, 3.8) is 0 Å². The van der Waals surface area contributed by atoms with Crippen LogP contribution >= 0.6 is 0 Å². The quantitative estimate of drug-likeness (QED) is 0.943. The minimum atomic E-state index is 0.0216. The molecule has 2 aromatic rings. The van der Waals surface area contributed by atoms with Gasteiger partial charge in [0.1, 0.15) is 0 Å². The summed E-state index contributed by atoms with van der Waals surface area (Å²) >= 11 is 0. The van der Waals surface area contributed by atoms with Gasteiger partial charge in [-0.25, -0.2) is 0 Å². The maximum absolute atomic E-state index is 12.6. The fourth-order valence-electron chi connectivity index (χ4n) is 3.38. The van der Waals surface area contributed by atoms with Crippen molar-refractivity contribution in [2.75, 3.05) is 13.1 Å². The Hall–Kier alpha value is -2.13. The summed E-state index contributed by atoms with van der Waals surface area (Å²) in [4.78, 5) is 14.6. The first-order valence-corrected chi connectivity index (χ1v) is 8.28. The van der Waals surface area contributed by atoms with E-state index < -0.39 is 0 Å². The van der Waals surface area contributed by atoms with E-state index in [2.05, 4.69) is 31.2 Å². The second-order valence-electron chi connectivity index (χ2n) is 6.50. The smallest absolute Gasteiger partial charge is 0.223 e. The highest BCUT2D eigenvalue weighted by Crippen LogP contribution is 2.28. The van der Waals surface area contributed by atoms with E-state index in [9.17, 15) is 4.79 Å². The van der Waals surface area contributed by atoms with Crippen molar-refractivity contribution in [2.45, 2.75) is 31.2 Å². The van der Waals surface area contributed by atoms with E-state index in [1.165, 1.54) is 11.1 Å². The van der Waals surface area contributed by atoms with Crippen LogP contribution in [0.1, 0.15) is 36.3 Å². The minimum absolute atomic E-state index is 0.0216. The van der Waals surface area contributed by atoms with Crippen LogP contribution in [0.25, 0.3) is 0 Å². The number of carbonyl (C=O) groups is 1. The van der Waals surface area contributed by atoms with Gasteiger partial charge in [0, 0.05) is 31.5 Å². The van der Waals surface area contributed by atoms with Crippen LogP contribution in [0.15, 0.2) is 60.7 Å². The van der Waals surface area contributed by atoms with Crippen molar-refractivity contribution in [2.24, 2.45) is 5.73 Å². The molecule has 1 heterocycles. The molecule has 0 bridgehead atoms. The summed E-state index contributed by atoms with van der Waals surface area (Å²) in [6, 6.07) is 20.5. The number of hydrogen-bond donors (Lipinski definition) is 1. The molecule has 2 aromatic carbocycles. The maximum atomic E-state index is 12.6. The van der Waals surface area contributed by atoms with Crippen LogP contribution in [0.5, 0.6) is 0 Å². The number of amides is 1. The van der Waals surface area contributed by atoms with Crippen molar-refractivity contribution < 1.29 is 4.79 Å². The molecule has 23 heavy (non-hydrogen) atoms. The Morgan fingerprint density at radius 2 is 1.70 bits per heavy atom. The molecule has 3 rings (SSSR count). The van der Waals surface area contributed by atoms with Gasteiger partial charge in [0.15, 0.2) is 0 Å². The lowest BCUT2D eigenvalue weighted by Gasteiger charge is -2.19. The fourth-order valence-corrected chi connectivity index (χ4v) is 3.38. The largest absolute Gasteiger partial charge is 0.340 e. The van der Waals surface area contributed by atoms with Crippen LogP contribution in [0.4, 0.5) is 0 Å². The van der Waals surface area contributed by atoms with Gasteiger partial charge in [-0.1, -0.05) is 67.6 Å². The van der Waals surface area contributed by atoms with Crippen LogP contribution in [-0.4, -0.2) is 29.9 Å². The molecule has 0 aliphatic carbocycles. The molecule has 2 N–H and O–H groups in total. The Kier molecular flexibility index (Phi) is 4.77. The number of carbonyl (C=O) groups excluding carboxylic acids is 1. The molecular formula is C20H24N2O. The summed E-state index contributed by atoms with van der Waals surface area (Å²) < 4.78 is 0. The Bertz CT molecular complexity index is 641. The number of likely N-dealkylation sites (tertiary alicyclic amines) is 1. The molecule has 0 saturated carbocycles. The second kappa shape index (κ2) is 6.97. The van der Waals surface area contributed by atoms with Crippen LogP contribution in [0.2, 0.25) is 0 Å². The predicted molar refractivity (Wildman–Crippen MR) is 93.2 cm³/mol. The summed E-state index contributed by atoms with van der Waals surface area (Å²) in [5.41, 5.74) is 8.73. The molecule has 1 aliphatic rings. The SMILES string of the molecule is CC(CC(=O)N1C[C@@H](N)[C@H](c2ccccc2)C1)c1ccccc1. The lowest BCUT2D eigenvalue weighted by atomic mass is 9.95. The zero-order chi connectivity index (χ0) is 16.2. The molecule has 3 nitrogen and oxygen atoms in total. The molecule has 3 heteroatoms. The van der Waals surface area contributed by atoms with E-state index in [4.69, 9.17) is 5.73 Å². The molecule has 120 valence electrons. The third kappa shape index (κ3) is 3.62. The van der Waals surface area contributed by atoms with Crippen LogP contribution in [0, 0.1) is 0 Å². The number of benzene rings is 2. The first-order chi connectivity index (χ1) is 11.1. The summed E-state index contributed by atoms with van der Waals surface area (Å²) in [6.07, 6.45) is 0.540. The van der Waals surface area contributed by atoms with E-state index in [1.807, 2.05) is 41.3 Å². The Morgan fingerprint density at radius 1 is 1.09 bits per heavy atom. The first-order valence-electron chi connectivity index (χ1n) is 8.28. The van der Waals surface area contributed by atoms with E-state index in [0.29, 0.717) is 13.0 Å². The normalized spacial score (nSPS) is 22.1. The predicted octanol–water partition coefficient (Wildman–Crippen LogP) is 3.13. The monoisotopic (exact) mass is 308 g/mol. The average Bonchev–Trinajstić information content (AvgIpc) is 2.98. The van der Waals surface area contributed by atoms with Gasteiger partial charge in [0.05, 0.1) is 0 Å². The van der Waals surface area contributed by atoms with Gasteiger partial charge in [-0.2, -0.15) is 0 Å². The zero-order valence-corrected chi connectivity index (χ0v) is 13.6. The Morgan fingerprint density at radius 3 is 2.35 bits per heavy atom. The molecule has 1 amide bonds. The minimum Gasteiger partial charge on any atom is -0.340 e. The van der Waals surface area contributed by atoms with Crippen molar-refractivity contribution in [3.8, 4) is 0 Å². The third-order valence-corrected chi connectivity index (χ3v) is 4.79. The van der Waals surface area contributed by atoms with Gasteiger partial charge in [-0.15, -0.1) is 0 Å². The second-order valence-corrected chi connectivity index (χ2v) is 6.50. The van der Waals surface area contributed by atoms with Crippen LogP contribution in [-0.2, 0) is 4.79 Å². The van der Waals surface area contributed by atoms with Crippen LogP contribution < -0.4 is 5.73 Å². The lowest BCUT2D eigenvalue weighted by Crippen LogP contribution is -2.32. The standard InChI is InChI=1S/C20H24N2O/c1-15(16-8-4-2-5-9-16)12-20(23)22-13-18(19(21)14-22)17-10-6-3-7-11-17/h2-11,15,18-19H,12-14,21H2,1H3/t15?,18-,19+/m0/s1. The lowest BCUT2D eigenvalue weighted by molar-refractivity contribution is -0.130. The van der Waals surface area contributed by atoms with Gasteiger partial charge in [-0.05, 0) is 17.0 Å². The third-order valence-electron chi connectivity index (χ3n) is 4.79. The van der Waals surface area contributed by atoms with Crippen LogP contribution in [0.3, 0.4) is 0 Å². The van der Waals surface area contributed by atoms with Gasteiger partial charge < -0.3 is 10.6 Å². The van der Waals surface area contributed by atoms with Gasteiger partial charge in [0.25, 0.3) is 0 Å². The maximum Gasteiger partial charge on any atom is 0.223 e. The number of nitrogens with zero attached hydrogens (tertiary/aromatic N) is 1. The van der Waals surface area contributed by atoms with Gasteiger partial charge >= 0.3 is 0 Å². The van der Waals surface area contributed by atoms with E-state index in [0.717, 1.165) is 6.54 Å². The van der Waals surface area contributed by atoms with E-state index in [1.54, 1.807) is 0 Å². The topological polar surface area (TPSA) is 46.3 Å². The highest BCUT2D eigenvalue weighted by atomic mass is 16.2. The van der Waals surface area contributed by atoms with E-state index >= 15 is 0 Å². The summed E-state index contributed by atoms with van der Waals surface area (Å²) in [6.45, 7) is 3.49. The van der Waals surface area contributed by atoms with Gasteiger partial charge in [0.2, 0.25) is 5.91 Å². The fraction of sp³-hybridized carbons (Fsp3) is 0.350. The summed E-state index contributed by atoms with van der Waals surface area (Å²) in [5, 5.41) is 0. The Balaban J connectivity index is 1.63. The van der Waals surface area contributed by atoms with Crippen molar-refractivity contribution in [1.29, 1.82) is 0 Å². The molecule has 0 radical (unpaired) electrons. The zero-order valence-electron chi connectivity index (χ0n) is 13.6. The highest BCUT2D eigenvalue weighted by Gasteiger charge is 2.34. The van der Waals surface area contributed by atoms with Crippen molar-refractivity contribution in [1.82, 2.24) is 4.90 Å². The molecule has 0 aromatic heterocycles. The number of hydrogen-bond acceptors (Lipinski definition) is 2. The summed E-state index contributed by atoms with van der Waals surface area (Å²) in [5.74, 6) is 0.679. The van der Waals surface area contributed by atoms with Crippen molar-refractivity contribution >= 4 is 5.91 Å². The molecule has 3 atom stereocenters.